The molecule has 46 heavy (non-hydrogen) atoms. The number of halogens is 3. The summed E-state index contributed by atoms with van der Waals surface area (Å²) in [5, 5.41) is 8.27. The third-order valence-corrected chi connectivity index (χ3v) is 7.67. The zero-order chi connectivity index (χ0) is 33.8. The first-order valence-electron chi connectivity index (χ1n) is 13.4. The van der Waals surface area contributed by atoms with Crippen molar-refractivity contribution in [1.82, 2.24) is 19.2 Å². The van der Waals surface area contributed by atoms with Gasteiger partial charge in [0.1, 0.15) is 39.3 Å². The van der Waals surface area contributed by atoms with Crippen LogP contribution in [0.1, 0.15) is 40.1 Å². The van der Waals surface area contributed by atoms with E-state index in [4.69, 9.17) is 25.8 Å². The number of carbonyl (C=O) groups excluding carboxylic acids is 4. The van der Waals surface area contributed by atoms with Gasteiger partial charge in [-0.2, -0.15) is 10.2 Å². The van der Waals surface area contributed by atoms with Crippen molar-refractivity contribution < 1.29 is 38.1 Å². The lowest BCUT2D eigenvalue weighted by Crippen LogP contribution is -2.08. The number of fused-ring (bicyclic) bond motifs is 2. The summed E-state index contributed by atoms with van der Waals surface area (Å²) >= 11 is 11.8. The van der Waals surface area contributed by atoms with Crippen LogP contribution in [0, 0.1) is 0 Å². The molecule has 4 heterocycles. The van der Waals surface area contributed by atoms with Crippen LogP contribution in [-0.4, -0.2) is 69.4 Å². The zero-order valence-corrected chi connectivity index (χ0v) is 29.1. The Bertz CT molecular complexity index is 1840. The molecule has 1 aromatic carbocycles. The minimum atomic E-state index is -0.459. The molecule has 0 fully saturated rings. The van der Waals surface area contributed by atoms with Gasteiger partial charge in [-0.25, -0.2) is 18.6 Å². The fourth-order valence-electron chi connectivity index (χ4n) is 3.67. The summed E-state index contributed by atoms with van der Waals surface area (Å²) < 4.78 is 24.8. The fraction of sp³-hybridized carbons (Fsp3) is 0.226. The van der Waals surface area contributed by atoms with Crippen LogP contribution < -0.4 is 9.47 Å². The van der Waals surface area contributed by atoms with Crippen molar-refractivity contribution in [2.24, 2.45) is 0 Å². The third-order valence-electron chi connectivity index (χ3n) is 5.84. The highest BCUT2D eigenvalue weighted by Gasteiger charge is 2.17. The summed E-state index contributed by atoms with van der Waals surface area (Å²) in [6, 6.07) is 16.8. The fourth-order valence-corrected chi connectivity index (χ4v) is 4.73. The number of benzene rings is 1. The van der Waals surface area contributed by atoms with E-state index in [9.17, 15) is 19.2 Å². The monoisotopic (exact) mass is 778 g/mol. The van der Waals surface area contributed by atoms with E-state index in [1.165, 1.54) is 45.0 Å². The number of alkyl halides is 1. The lowest BCUT2D eigenvalue weighted by atomic mass is 10.2. The van der Waals surface area contributed by atoms with Gasteiger partial charge in [-0.1, -0.05) is 30.3 Å². The van der Waals surface area contributed by atoms with E-state index < -0.39 is 11.9 Å². The molecule has 0 spiro atoms. The number of Topliss-reactive ketones (excluding diaryl/α,β-unsaturated/α-hetero) is 2. The van der Waals surface area contributed by atoms with Crippen LogP contribution in [-0.2, 0) is 25.7 Å². The van der Waals surface area contributed by atoms with Gasteiger partial charge in [-0.05, 0) is 75.5 Å². The standard InChI is InChI=1S/C16H13BrN2O3.C12H11BrN2O4.C3H5ClO/c1-21-16(20)12-9-18-19-13(12)7-8-14(15(19)17)22-10-11-5-3-2-4-6-11;1-7(16)6-19-10-4-3-9-8(12(17)18-2)5-14-15(9)11(10)13;1-3(5)2-4/h2-9H,10H2,1H3;3-5H,6H2,1-2H3;2H2,1H3. The van der Waals surface area contributed by atoms with Crippen molar-refractivity contribution in [3.05, 3.63) is 92.9 Å². The normalized spacial score (nSPS) is 10.2. The highest BCUT2D eigenvalue weighted by atomic mass is 79.9. The molecule has 0 atom stereocenters. The van der Waals surface area contributed by atoms with Gasteiger partial charge in [0.25, 0.3) is 0 Å². The smallest absolute Gasteiger partial charge is 0.341 e. The number of ether oxygens (including phenoxy) is 4. The van der Waals surface area contributed by atoms with Gasteiger partial charge >= 0.3 is 11.9 Å². The maximum atomic E-state index is 11.7. The molecule has 5 aromatic rings. The van der Waals surface area contributed by atoms with Crippen molar-refractivity contribution in [2.45, 2.75) is 20.5 Å². The van der Waals surface area contributed by atoms with Gasteiger partial charge in [0.2, 0.25) is 0 Å². The summed E-state index contributed by atoms with van der Waals surface area (Å²) in [7, 11) is 2.66. The number of rotatable bonds is 9. The first-order valence-corrected chi connectivity index (χ1v) is 15.5. The van der Waals surface area contributed by atoms with E-state index in [0.717, 1.165) is 5.56 Å². The summed E-state index contributed by atoms with van der Waals surface area (Å²) in [4.78, 5) is 43.8. The van der Waals surface area contributed by atoms with E-state index in [-0.39, 0.29) is 24.1 Å². The molecule has 0 unspecified atom stereocenters. The molecule has 15 heteroatoms. The van der Waals surface area contributed by atoms with E-state index in [1.807, 2.05) is 30.3 Å². The van der Waals surface area contributed by atoms with Crippen molar-refractivity contribution in [3.8, 4) is 11.5 Å². The van der Waals surface area contributed by atoms with Crippen LogP contribution in [0.15, 0.2) is 76.2 Å². The minimum Gasteiger partial charge on any atom is -0.486 e. The minimum absolute atomic E-state index is 0.0186. The predicted molar refractivity (Wildman–Crippen MR) is 177 cm³/mol. The average molecular weight is 781 g/mol. The number of hydrogen-bond donors (Lipinski definition) is 0. The van der Waals surface area contributed by atoms with Crippen LogP contribution in [0.4, 0.5) is 0 Å². The van der Waals surface area contributed by atoms with E-state index in [0.29, 0.717) is 49.5 Å². The first kappa shape index (κ1) is 36.2. The van der Waals surface area contributed by atoms with Gasteiger partial charge in [0.15, 0.2) is 17.3 Å². The Morgan fingerprint density at radius 3 is 1.59 bits per heavy atom. The summed E-state index contributed by atoms with van der Waals surface area (Å²) in [5.41, 5.74) is 3.10. The molecule has 0 N–H and O–H groups in total. The SMILES string of the molecule is CC(=O)CCl.COC(=O)c1cnn2c(Br)c(OCC(C)=O)ccc12.COC(=O)c1cnn2c(Br)c(OCc3ccccc3)ccc12. The van der Waals surface area contributed by atoms with Crippen molar-refractivity contribution in [1.29, 1.82) is 0 Å². The second-order valence-corrected chi connectivity index (χ2v) is 11.0. The maximum absolute atomic E-state index is 11.7. The summed E-state index contributed by atoms with van der Waals surface area (Å²) in [5.74, 6) is 0.326. The van der Waals surface area contributed by atoms with E-state index >= 15 is 0 Å². The Balaban J connectivity index is 0.000000221. The topological polar surface area (TPSA) is 140 Å². The van der Waals surface area contributed by atoms with Crippen molar-refractivity contribution >= 4 is 78.0 Å². The molecule has 0 aliphatic heterocycles. The number of methoxy groups -OCH3 is 2. The van der Waals surface area contributed by atoms with Gasteiger partial charge in [0, 0.05) is 0 Å². The van der Waals surface area contributed by atoms with E-state index in [2.05, 4.69) is 46.8 Å². The Hall–Kier alpha value is -4.27. The molecule has 12 nitrogen and oxygen atoms in total. The first-order chi connectivity index (χ1) is 22.0. The largest absolute Gasteiger partial charge is 0.486 e. The Labute approximate surface area is 285 Å². The zero-order valence-electron chi connectivity index (χ0n) is 25.2. The molecule has 5 rings (SSSR count). The molecular weight excluding hydrogens is 752 g/mol. The molecule has 242 valence electrons. The second-order valence-electron chi connectivity index (χ2n) is 9.27. The van der Waals surface area contributed by atoms with Gasteiger partial charge in [-0.15, -0.1) is 11.6 Å². The van der Waals surface area contributed by atoms with Crippen molar-refractivity contribution in [2.75, 3.05) is 26.7 Å². The van der Waals surface area contributed by atoms with Crippen LogP contribution in [0.5, 0.6) is 11.5 Å². The molecule has 0 aliphatic carbocycles. The number of hydrogen-bond acceptors (Lipinski definition) is 10. The van der Waals surface area contributed by atoms with Crippen LogP contribution in [0.25, 0.3) is 11.0 Å². The lowest BCUT2D eigenvalue weighted by molar-refractivity contribution is -0.119. The van der Waals surface area contributed by atoms with Crippen molar-refractivity contribution in [3.63, 3.8) is 0 Å². The molecule has 4 aromatic heterocycles. The second kappa shape index (κ2) is 17.4. The molecule has 0 amide bonds. The third kappa shape index (κ3) is 9.37. The van der Waals surface area contributed by atoms with Crippen LogP contribution in [0.3, 0.4) is 0 Å². The molecule has 0 bridgehead atoms. The molecule has 0 radical (unpaired) electrons. The quantitative estimate of drug-likeness (QED) is 0.0976. The van der Waals surface area contributed by atoms with Gasteiger partial charge in [-0.3, -0.25) is 9.59 Å². The molecule has 0 saturated heterocycles. The van der Waals surface area contributed by atoms with E-state index in [1.54, 1.807) is 28.8 Å². The number of pyridine rings is 2. The highest BCUT2D eigenvalue weighted by molar-refractivity contribution is 9.10. The Morgan fingerprint density at radius 2 is 1.17 bits per heavy atom. The maximum Gasteiger partial charge on any atom is 0.341 e. The molecular formula is C31H29Br2ClN4O8. The Kier molecular flexibility index (Phi) is 13.7. The highest BCUT2D eigenvalue weighted by Crippen LogP contribution is 2.29. The number of aromatic nitrogens is 4. The van der Waals surface area contributed by atoms with Gasteiger partial charge < -0.3 is 18.9 Å². The average Bonchev–Trinajstić information content (AvgIpc) is 3.70. The predicted octanol–water partition coefficient (Wildman–Crippen LogP) is 6.13. The van der Waals surface area contributed by atoms with Crippen LogP contribution in [0.2, 0.25) is 0 Å². The number of esters is 2. The molecule has 0 saturated carbocycles. The Morgan fingerprint density at radius 1 is 0.717 bits per heavy atom. The summed E-state index contributed by atoms with van der Waals surface area (Å²) in [6.45, 7) is 3.33. The molecule has 0 aliphatic rings. The number of nitrogens with zero attached hydrogens (tertiary/aromatic N) is 4. The number of carbonyl (C=O) groups is 4. The lowest BCUT2D eigenvalue weighted by Gasteiger charge is -2.09. The van der Waals surface area contributed by atoms with Gasteiger partial charge in [0.05, 0.1) is 43.5 Å². The summed E-state index contributed by atoms with van der Waals surface area (Å²) in [6.07, 6.45) is 2.90. The number of ketones is 2. The van der Waals surface area contributed by atoms with Crippen LogP contribution >= 0.6 is 43.5 Å².